The lowest BCUT2D eigenvalue weighted by Crippen LogP contribution is -2.70. The van der Waals surface area contributed by atoms with E-state index in [0.29, 0.717) is 29.0 Å². The second-order valence-electron chi connectivity index (χ2n) is 13.2. The second kappa shape index (κ2) is 10.0. The van der Waals surface area contributed by atoms with E-state index in [0.717, 1.165) is 72.8 Å². The summed E-state index contributed by atoms with van der Waals surface area (Å²) >= 11 is 0. The molecule has 1 N–H and O–H groups in total. The number of piperidine rings is 1. The van der Waals surface area contributed by atoms with Crippen LogP contribution in [-0.2, 0) is 26.2 Å². The molecule has 2 aromatic carbocycles. The average molecular weight is 598 g/mol. The molecule has 2 saturated carbocycles. The molecule has 7 rings (SSSR count). The number of anilines is 1. The van der Waals surface area contributed by atoms with Gasteiger partial charge in [0.15, 0.2) is 5.76 Å². The molecule has 2 aliphatic heterocycles. The van der Waals surface area contributed by atoms with Gasteiger partial charge in [0, 0.05) is 48.8 Å². The summed E-state index contributed by atoms with van der Waals surface area (Å²) < 4.78 is 57.8. The highest BCUT2D eigenvalue weighted by molar-refractivity contribution is 6.06. The van der Waals surface area contributed by atoms with Gasteiger partial charge in [-0.05, 0) is 43.7 Å². The van der Waals surface area contributed by atoms with E-state index in [-0.39, 0.29) is 17.2 Å². The molecule has 1 amide bonds. The van der Waals surface area contributed by atoms with Crippen LogP contribution in [0.25, 0.3) is 6.08 Å². The average Bonchev–Trinajstić information content (AvgIpc) is 3.68. The lowest BCUT2D eigenvalue weighted by atomic mass is 9.51. The fourth-order valence-corrected chi connectivity index (χ4v) is 8.65. The van der Waals surface area contributed by atoms with Gasteiger partial charge in [-0.2, -0.15) is 0 Å². The van der Waals surface area contributed by atoms with Gasteiger partial charge in [-0.25, -0.2) is 0 Å². The van der Waals surface area contributed by atoms with Gasteiger partial charge < -0.3 is 24.0 Å². The minimum atomic E-state index is -5.08. The number of carbonyl (C=O) groups excluding carboxylic acids is 2. The first kappa shape index (κ1) is 28.3. The Hall–Kier alpha value is -3.53. The highest BCUT2D eigenvalue weighted by Crippen LogP contribution is 2.66. The van der Waals surface area contributed by atoms with Crippen LogP contribution < -0.4 is 14.8 Å². The Balaban J connectivity index is 1.32. The number of nitrogens with one attached hydrogen (secondary N) is 1. The zero-order valence-electron chi connectivity index (χ0n) is 24.3. The van der Waals surface area contributed by atoms with Crippen LogP contribution in [0.2, 0.25) is 0 Å². The summed E-state index contributed by atoms with van der Waals surface area (Å²) in [5.74, 6) is -0.533. The number of likely N-dealkylation sites (tertiary alicyclic amines) is 1. The van der Waals surface area contributed by atoms with Gasteiger partial charge in [0.2, 0.25) is 0 Å². The number of likely N-dealkylation sites (N-methyl/N-ethyl adjacent to an activating group) is 1. The Kier molecular flexibility index (Phi) is 6.57. The van der Waals surface area contributed by atoms with Crippen molar-refractivity contribution < 1.29 is 41.5 Å². The van der Waals surface area contributed by atoms with Crippen molar-refractivity contribution in [1.82, 2.24) is 0 Å². The lowest BCUT2D eigenvalue weighted by Gasteiger charge is -2.61. The number of rotatable bonds is 7. The molecule has 43 heavy (non-hydrogen) atoms. The number of halogens is 3. The smallest absolute Gasteiger partial charge is 0.487 e. The van der Waals surface area contributed by atoms with Crippen LogP contribution in [0.1, 0.15) is 62.1 Å². The number of hydrogen-bond acceptors (Lipinski definition) is 5. The van der Waals surface area contributed by atoms with Gasteiger partial charge in [0.25, 0.3) is 5.91 Å². The van der Waals surface area contributed by atoms with Gasteiger partial charge in [-0.15, -0.1) is 13.2 Å². The number of alkyl halides is 3. The third-order valence-corrected chi connectivity index (χ3v) is 10.4. The minimum absolute atomic E-state index is 0.105. The van der Waals surface area contributed by atoms with Crippen LogP contribution in [0.15, 0.2) is 42.2 Å². The monoisotopic (exact) mass is 597 g/mol. The van der Waals surface area contributed by atoms with Gasteiger partial charge in [-0.1, -0.05) is 30.3 Å². The standard InChI is InChI=1S/C33H35F3N2O5/c1-19(39)41-26-17-24(37-31(40)27(43-33(34,35)36)15-20-7-4-3-5-8-20)30-29-22(26)16-25-23-9-6-10-28(42-30)32(23,29)13-14-38(25,2)18-21-11-12-21/h3-5,7-8,15,17,21,23,25,28H,6,9-14,16,18H2,1-2H3/p+1/t23-,25+,28-,32+,38?/m0/s1. The van der Waals surface area contributed by atoms with Crippen LogP contribution in [-0.4, -0.2) is 55.0 Å². The van der Waals surface area contributed by atoms with E-state index in [2.05, 4.69) is 17.1 Å². The van der Waals surface area contributed by atoms with Crippen LogP contribution >= 0.6 is 0 Å². The molecule has 1 unspecified atom stereocenters. The summed E-state index contributed by atoms with van der Waals surface area (Å²) in [6, 6.07) is 10.1. The van der Waals surface area contributed by atoms with Crippen molar-refractivity contribution in [2.75, 3.05) is 25.5 Å². The highest BCUT2D eigenvalue weighted by atomic mass is 19.4. The molecule has 5 atom stereocenters. The summed E-state index contributed by atoms with van der Waals surface area (Å²) in [7, 11) is 2.38. The highest BCUT2D eigenvalue weighted by Gasteiger charge is 2.67. The van der Waals surface area contributed by atoms with Gasteiger partial charge in [0.05, 0.1) is 37.3 Å². The molecule has 1 spiro atoms. The number of esters is 1. The first-order valence-corrected chi connectivity index (χ1v) is 15.2. The van der Waals surface area contributed by atoms with Gasteiger partial charge in [-0.3, -0.25) is 9.59 Å². The lowest BCUT2D eigenvalue weighted by molar-refractivity contribution is -0.946. The van der Waals surface area contributed by atoms with E-state index in [4.69, 9.17) is 9.47 Å². The van der Waals surface area contributed by atoms with Crippen molar-refractivity contribution in [3.8, 4) is 11.5 Å². The van der Waals surface area contributed by atoms with E-state index in [1.807, 2.05) is 0 Å². The van der Waals surface area contributed by atoms with E-state index in [1.165, 1.54) is 25.8 Å². The predicted octanol–water partition coefficient (Wildman–Crippen LogP) is 6.11. The third-order valence-electron chi connectivity index (χ3n) is 10.4. The minimum Gasteiger partial charge on any atom is -0.487 e. The van der Waals surface area contributed by atoms with Crippen molar-refractivity contribution in [3.05, 3.63) is 58.8 Å². The number of amides is 1. The Bertz CT molecular complexity index is 1500. The maximum absolute atomic E-state index is 13.4. The summed E-state index contributed by atoms with van der Waals surface area (Å²) in [5, 5.41) is 2.64. The molecule has 2 heterocycles. The van der Waals surface area contributed by atoms with E-state index in [1.54, 1.807) is 30.3 Å². The summed E-state index contributed by atoms with van der Waals surface area (Å²) in [6.07, 6.45) is 3.03. The second-order valence-corrected chi connectivity index (χ2v) is 13.2. The molecule has 3 aliphatic carbocycles. The van der Waals surface area contributed by atoms with E-state index in [9.17, 15) is 22.8 Å². The molecule has 10 heteroatoms. The molecule has 5 aliphatic rings. The summed E-state index contributed by atoms with van der Waals surface area (Å²) in [5.41, 5.74) is 2.17. The number of benzene rings is 2. The molecular weight excluding hydrogens is 561 g/mol. The zero-order valence-corrected chi connectivity index (χ0v) is 24.3. The SMILES string of the molecule is CC(=O)Oc1cc(NC(=O)C(=Cc2ccccc2)OC(F)(F)F)c2c3c1C[C@@H]1[C@@H]4CCC[C@H](O2)[C@]34CC[N+]1(C)CC1CC1. The van der Waals surface area contributed by atoms with Crippen LogP contribution in [0, 0.1) is 11.8 Å². The number of carbonyl (C=O) groups is 2. The Morgan fingerprint density at radius 1 is 1.16 bits per heavy atom. The van der Waals surface area contributed by atoms with Crippen molar-refractivity contribution in [3.63, 3.8) is 0 Å². The Morgan fingerprint density at radius 3 is 2.63 bits per heavy atom. The normalized spacial score (nSPS) is 30.6. The predicted molar refractivity (Wildman–Crippen MR) is 152 cm³/mol. The molecular formula is C33H36F3N2O5+. The molecule has 2 aromatic rings. The number of nitrogens with zero attached hydrogens (tertiary/aromatic N) is 1. The van der Waals surface area contributed by atoms with Crippen LogP contribution in [0.5, 0.6) is 11.5 Å². The molecule has 228 valence electrons. The molecule has 1 saturated heterocycles. The molecule has 3 fully saturated rings. The van der Waals surface area contributed by atoms with Gasteiger partial charge >= 0.3 is 12.3 Å². The van der Waals surface area contributed by atoms with E-state index >= 15 is 0 Å². The number of hydrogen-bond donors (Lipinski definition) is 1. The topological polar surface area (TPSA) is 73.9 Å². The molecule has 2 bridgehead atoms. The van der Waals surface area contributed by atoms with E-state index < -0.39 is 24.0 Å². The molecule has 0 aromatic heterocycles. The maximum atomic E-state index is 13.4. The first-order valence-electron chi connectivity index (χ1n) is 15.2. The summed E-state index contributed by atoms with van der Waals surface area (Å²) in [4.78, 5) is 25.7. The maximum Gasteiger partial charge on any atom is 0.573 e. The van der Waals surface area contributed by atoms with Crippen LogP contribution in [0.3, 0.4) is 0 Å². The molecule has 0 radical (unpaired) electrons. The third kappa shape index (κ3) is 4.87. The largest absolute Gasteiger partial charge is 0.573 e. The zero-order chi connectivity index (χ0) is 30.1. The Morgan fingerprint density at radius 2 is 1.93 bits per heavy atom. The number of ether oxygens (including phenoxy) is 3. The summed E-state index contributed by atoms with van der Waals surface area (Å²) in [6.45, 7) is 3.49. The first-order chi connectivity index (χ1) is 20.5. The van der Waals surface area contributed by atoms with Crippen molar-refractivity contribution >= 4 is 23.6 Å². The van der Waals surface area contributed by atoms with Crippen molar-refractivity contribution in [2.45, 2.75) is 75.8 Å². The van der Waals surface area contributed by atoms with Crippen molar-refractivity contribution in [2.24, 2.45) is 11.8 Å². The molecule has 7 nitrogen and oxygen atoms in total. The fraction of sp³-hybridized carbons (Fsp3) is 0.515. The Labute approximate surface area is 248 Å². The van der Waals surface area contributed by atoms with Crippen LogP contribution in [0.4, 0.5) is 18.9 Å². The van der Waals surface area contributed by atoms with Gasteiger partial charge in [0.1, 0.15) is 17.6 Å². The van der Waals surface area contributed by atoms with Crippen molar-refractivity contribution in [1.29, 1.82) is 0 Å². The quantitative estimate of drug-likeness (QED) is 0.137. The fourth-order valence-electron chi connectivity index (χ4n) is 8.65. The number of quaternary nitrogens is 1.